The standard InChI is InChI=1S/C14H26O9/c1-5(2)21-14-12(9(17)7(15)4-20-14)23-13-11(19)10(18)8(16)6(3)22-13/h5-19H,4H2,1-3H3/t6-,7-,8-,9-,10+,11+,12+,13-,14?/m0/s1. The van der Waals surface area contributed by atoms with Crippen LogP contribution in [0.1, 0.15) is 20.8 Å². The molecule has 23 heavy (non-hydrogen) atoms. The molecule has 0 spiro atoms. The Morgan fingerprint density at radius 2 is 1.57 bits per heavy atom. The molecule has 0 saturated carbocycles. The number of aliphatic hydroxyl groups is 5. The number of ether oxygens (including phenoxy) is 4. The number of hydrogen-bond donors (Lipinski definition) is 5. The third-order valence-corrected chi connectivity index (χ3v) is 3.94. The van der Waals surface area contributed by atoms with Gasteiger partial charge >= 0.3 is 0 Å². The van der Waals surface area contributed by atoms with E-state index in [-0.39, 0.29) is 12.7 Å². The molecule has 2 heterocycles. The summed E-state index contributed by atoms with van der Waals surface area (Å²) in [5, 5.41) is 49.4. The van der Waals surface area contributed by atoms with Crippen molar-refractivity contribution in [2.45, 2.75) is 82.2 Å². The molecule has 2 aliphatic heterocycles. The Kier molecular flexibility index (Phi) is 6.34. The van der Waals surface area contributed by atoms with Crippen LogP contribution in [0, 0.1) is 0 Å². The van der Waals surface area contributed by atoms with Gasteiger partial charge in [0.05, 0.1) is 18.8 Å². The van der Waals surface area contributed by atoms with Gasteiger partial charge in [-0.3, -0.25) is 0 Å². The monoisotopic (exact) mass is 338 g/mol. The molecule has 2 fully saturated rings. The molecule has 2 rings (SSSR count). The molecule has 0 aromatic carbocycles. The Balaban J connectivity index is 2.10. The summed E-state index contributed by atoms with van der Waals surface area (Å²) in [6.07, 6.45) is -11.2. The molecule has 9 nitrogen and oxygen atoms in total. The summed E-state index contributed by atoms with van der Waals surface area (Å²) in [4.78, 5) is 0. The van der Waals surface area contributed by atoms with Crippen LogP contribution in [0.3, 0.4) is 0 Å². The Morgan fingerprint density at radius 3 is 2.17 bits per heavy atom. The lowest BCUT2D eigenvalue weighted by molar-refractivity contribution is -0.356. The smallest absolute Gasteiger partial charge is 0.187 e. The average molecular weight is 338 g/mol. The van der Waals surface area contributed by atoms with Gasteiger partial charge < -0.3 is 44.5 Å². The van der Waals surface area contributed by atoms with Crippen molar-refractivity contribution in [2.75, 3.05) is 6.61 Å². The molecular weight excluding hydrogens is 312 g/mol. The van der Waals surface area contributed by atoms with E-state index < -0.39 is 55.3 Å². The second kappa shape index (κ2) is 7.68. The first-order chi connectivity index (χ1) is 10.7. The molecule has 0 radical (unpaired) electrons. The topological polar surface area (TPSA) is 138 Å². The van der Waals surface area contributed by atoms with Gasteiger partial charge in [0.1, 0.15) is 36.6 Å². The van der Waals surface area contributed by atoms with Gasteiger partial charge in [-0.05, 0) is 20.8 Å². The molecule has 2 saturated heterocycles. The second-order valence-corrected chi connectivity index (χ2v) is 6.23. The maximum atomic E-state index is 10.1. The van der Waals surface area contributed by atoms with E-state index in [1.54, 1.807) is 13.8 Å². The van der Waals surface area contributed by atoms with Crippen LogP contribution in [0.5, 0.6) is 0 Å². The minimum Gasteiger partial charge on any atom is -0.388 e. The normalized spacial score (nSPS) is 48.7. The minimum absolute atomic E-state index is 0.121. The van der Waals surface area contributed by atoms with Crippen molar-refractivity contribution >= 4 is 0 Å². The van der Waals surface area contributed by atoms with Gasteiger partial charge in [0, 0.05) is 0 Å². The Bertz CT molecular complexity index is 379. The highest BCUT2D eigenvalue weighted by Crippen LogP contribution is 2.27. The number of aliphatic hydroxyl groups excluding tert-OH is 5. The van der Waals surface area contributed by atoms with Gasteiger partial charge in [-0.15, -0.1) is 0 Å². The lowest BCUT2D eigenvalue weighted by Crippen LogP contribution is -2.62. The van der Waals surface area contributed by atoms with Gasteiger partial charge in [0.15, 0.2) is 12.6 Å². The molecule has 0 aromatic rings. The quantitative estimate of drug-likeness (QED) is 0.383. The summed E-state index contributed by atoms with van der Waals surface area (Å²) in [5.41, 5.74) is 0. The van der Waals surface area contributed by atoms with Gasteiger partial charge in [-0.1, -0.05) is 0 Å². The van der Waals surface area contributed by atoms with Crippen LogP contribution < -0.4 is 0 Å². The maximum Gasteiger partial charge on any atom is 0.187 e. The third-order valence-electron chi connectivity index (χ3n) is 3.94. The van der Waals surface area contributed by atoms with E-state index in [1.165, 1.54) is 6.92 Å². The van der Waals surface area contributed by atoms with Crippen LogP contribution in [0.25, 0.3) is 0 Å². The van der Waals surface area contributed by atoms with Gasteiger partial charge in [0.2, 0.25) is 0 Å². The summed E-state index contributed by atoms with van der Waals surface area (Å²) in [5.74, 6) is 0. The van der Waals surface area contributed by atoms with Crippen molar-refractivity contribution in [1.29, 1.82) is 0 Å². The SMILES string of the molecule is CC(C)OC1OC[C@H](O)[C@H](O)[C@H]1O[C@@H]1O[C@@H](C)[C@H](O)[C@@H](O)[C@H]1O. The van der Waals surface area contributed by atoms with Crippen molar-refractivity contribution in [3.8, 4) is 0 Å². The fraction of sp³-hybridized carbons (Fsp3) is 1.00. The predicted molar refractivity (Wildman–Crippen MR) is 75.2 cm³/mol. The van der Waals surface area contributed by atoms with Crippen LogP contribution in [-0.2, 0) is 18.9 Å². The predicted octanol–water partition coefficient (Wildman–Crippen LogP) is -2.30. The molecule has 9 heteroatoms. The summed E-state index contributed by atoms with van der Waals surface area (Å²) in [7, 11) is 0. The first-order valence-corrected chi connectivity index (χ1v) is 7.70. The number of hydrogen-bond acceptors (Lipinski definition) is 9. The molecule has 5 N–H and O–H groups in total. The molecule has 0 bridgehead atoms. The van der Waals surface area contributed by atoms with Crippen molar-refractivity contribution < 1.29 is 44.5 Å². The summed E-state index contributed by atoms with van der Waals surface area (Å²) in [6, 6.07) is 0. The lowest BCUT2D eigenvalue weighted by Gasteiger charge is -2.44. The zero-order valence-electron chi connectivity index (χ0n) is 13.3. The highest BCUT2D eigenvalue weighted by atomic mass is 16.8. The molecule has 0 aromatic heterocycles. The maximum absolute atomic E-state index is 10.1. The summed E-state index contributed by atoms with van der Waals surface area (Å²) in [6.45, 7) is 4.93. The van der Waals surface area contributed by atoms with E-state index in [0.29, 0.717) is 0 Å². The average Bonchev–Trinajstić information content (AvgIpc) is 2.49. The molecule has 1 unspecified atom stereocenters. The highest BCUT2D eigenvalue weighted by Gasteiger charge is 2.48. The van der Waals surface area contributed by atoms with Crippen molar-refractivity contribution in [3.05, 3.63) is 0 Å². The number of rotatable bonds is 4. The Hall–Kier alpha value is -0.360. The second-order valence-electron chi connectivity index (χ2n) is 6.23. The fourth-order valence-corrected chi connectivity index (χ4v) is 2.58. The zero-order valence-corrected chi connectivity index (χ0v) is 13.3. The van der Waals surface area contributed by atoms with Gasteiger partial charge in [-0.25, -0.2) is 0 Å². The molecular formula is C14H26O9. The first kappa shape index (κ1) is 19.0. The lowest BCUT2D eigenvalue weighted by atomic mass is 9.99. The zero-order chi connectivity index (χ0) is 17.3. The van der Waals surface area contributed by atoms with Crippen LogP contribution >= 0.6 is 0 Å². The molecule has 0 amide bonds. The Morgan fingerprint density at radius 1 is 0.913 bits per heavy atom. The molecule has 136 valence electrons. The van der Waals surface area contributed by atoms with Crippen molar-refractivity contribution in [1.82, 2.24) is 0 Å². The summed E-state index contributed by atoms with van der Waals surface area (Å²) < 4.78 is 21.7. The van der Waals surface area contributed by atoms with Crippen LogP contribution in [0.4, 0.5) is 0 Å². The van der Waals surface area contributed by atoms with E-state index in [4.69, 9.17) is 18.9 Å². The van der Waals surface area contributed by atoms with E-state index in [1.807, 2.05) is 0 Å². The van der Waals surface area contributed by atoms with Crippen molar-refractivity contribution in [2.24, 2.45) is 0 Å². The first-order valence-electron chi connectivity index (χ1n) is 7.70. The van der Waals surface area contributed by atoms with E-state index in [9.17, 15) is 25.5 Å². The van der Waals surface area contributed by atoms with E-state index in [2.05, 4.69) is 0 Å². The van der Waals surface area contributed by atoms with Crippen LogP contribution in [-0.4, -0.2) is 93.6 Å². The minimum atomic E-state index is -1.52. The van der Waals surface area contributed by atoms with Crippen LogP contribution in [0.15, 0.2) is 0 Å². The Labute approximate surface area is 134 Å². The van der Waals surface area contributed by atoms with Crippen molar-refractivity contribution in [3.63, 3.8) is 0 Å². The largest absolute Gasteiger partial charge is 0.388 e. The summed E-state index contributed by atoms with van der Waals surface area (Å²) >= 11 is 0. The van der Waals surface area contributed by atoms with Gasteiger partial charge in [-0.2, -0.15) is 0 Å². The van der Waals surface area contributed by atoms with Crippen LogP contribution in [0.2, 0.25) is 0 Å². The van der Waals surface area contributed by atoms with Gasteiger partial charge in [0.25, 0.3) is 0 Å². The molecule has 2 aliphatic rings. The highest BCUT2D eigenvalue weighted by molar-refractivity contribution is 4.90. The van der Waals surface area contributed by atoms with E-state index in [0.717, 1.165) is 0 Å². The molecule has 9 atom stereocenters. The fourth-order valence-electron chi connectivity index (χ4n) is 2.58. The van der Waals surface area contributed by atoms with E-state index >= 15 is 0 Å². The molecule has 0 aliphatic carbocycles. The third kappa shape index (κ3) is 4.19.